The van der Waals surface area contributed by atoms with E-state index in [9.17, 15) is 20.1 Å². The van der Waals surface area contributed by atoms with Gasteiger partial charge in [-0.2, -0.15) is 4.98 Å². The first-order chi connectivity index (χ1) is 11.3. The topological polar surface area (TPSA) is 170 Å². The number of anilines is 1. The number of nitrogens with zero attached hydrogens (tertiary/aromatic N) is 3. The number of amides is 1. The zero-order valence-electron chi connectivity index (χ0n) is 12.0. The number of aliphatic hydroxyl groups is 3. The Morgan fingerprint density at radius 1 is 1.42 bits per heavy atom. The van der Waals surface area contributed by atoms with E-state index in [1.54, 1.807) is 0 Å². The molecule has 0 bridgehead atoms. The van der Waals surface area contributed by atoms with Crippen molar-refractivity contribution in [3.63, 3.8) is 0 Å². The van der Waals surface area contributed by atoms with Crippen LogP contribution in [0, 0.1) is 0 Å². The average Bonchev–Trinajstić information content (AvgIpc) is 2.98. The lowest BCUT2D eigenvalue weighted by atomic mass is 10.1. The van der Waals surface area contributed by atoms with E-state index in [1.807, 2.05) is 0 Å². The second-order valence-electron chi connectivity index (χ2n) is 5.13. The maximum absolute atomic E-state index is 11.3. The van der Waals surface area contributed by atoms with Crippen LogP contribution in [0.3, 0.4) is 0 Å². The number of nitrogens with two attached hydrogens (primary N) is 2. The third-order valence-corrected chi connectivity index (χ3v) is 4.54. The summed E-state index contributed by atoms with van der Waals surface area (Å²) in [7, 11) is 0. The number of aliphatic hydroxyl groups excluding tert-OH is 3. The van der Waals surface area contributed by atoms with E-state index >= 15 is 0 Å². The molecule has 1 amide bonds. The fourth-order valence-electron chi connectivity index (χ4n) is 2.60. The molecule has 12 heteroatoms. The summed E-state index contributed by atoms with van der Waals surface area (Å²) in [5.74, 6) is 0.0271. The molecule has 7 N–H and O–H groups in total. The average molecular weight is 376 g/mol. The number of aromatic nitrogens is 3. The van der Waals surface area contributed by atoms with Gasteiger partial charge in [0.2, 0.25) is 5.28 Å². The lowest BCUT2D eigenvalue weighted by molar-refractivity contribution is -0.0510. The SMILES string of the molecule is NC(=O)Sc1cn([C@@H]2O[C@H](CO)[C@@H](O)[C@H]2O)c2nc(Cl)nc(N)c12. The van der Waals surface area contributed by atoms with Gasteiger partial charge in [0.05, 0.1) is 12.0 Å². The van der Waals surface area contributed by atoms with Gasteiger partial charge in [0.1, 0.15) is 29.8 Å². The van der Waals surface area contributed by atoms with E-state index in [1.165, 1.54) is 10.8 Å². The second-order valence-corrected chi connectivity index (χ2v) is 6.51. The van der Waals surface area contributed by atoms with Crippen molar-refractivity contribution >= 4 is 45.5 Å². The Balaban J connectivity index is 2.16. The van der Waals surface area contributed by atoms with E-state index in [4.69, 9.17) is 27.8 Å². The zero-order valence-corrected chi connectivity index (χ0v) is 13.6. The van der Waals surface area contributed by atoms with Crippen molar-refractivity contribution in [2.45, 2.75) is 29.4 Å². The van der Waals surface area contributed by atoms with Gasteiger partial charge in [-0.1, -0.05) is 0 Å². The van der Waals surface area contributed by atoms with Crippen LogP contribution >= 0.6 is 23.4 Å². The molecule has 1 aliphatic rings. The molecule has 0 aromatic carbocycles. The second kappa shape index (κ2) is 6.35. The zero-order chi connectivity index (χ0) is 17.6. The van der Waals surface area contributed by atoms with Crippen LogP contribution in [0.2, 0.25) is 5.28 Å². The van der Waals surface area contributed by atoms with E-state index in [0.29, 0.717) is 22.0 Å². The van der Waals surface area contributed by atoms with Crippen LogP contribution in [0.5, 0.6) is 0 Å². The maximum atomic E-state index is 11.3. The summed E-state index contributed by atoms with van der Waals surface area (Å²) in [5, 5.41) is 28.8. The predicted octanol–water partition coefficient (Wildman–Crippen LogP) is -0.551. The molecule has 10 nitrogen and oxygen atoms in total. The molecule has 0 saturated carbocycles. The van der Waals surface area contributed by atoms with Gasteiger partial charge in [-0.25, -0.2) is 4.98 Å². The number of thioether (sulfide) groups is 1. The summed E-state index contributed by atoms with van der Waals surface area (Å²) in [6, 6.07) is 0. The number of rotatable bonds is 3. The quantitative estimate of drug-likeness (QED) is 0.348. The summed E-state index contributed by atoms with van der Waals surface area (Å²) >= 11 is 6.53. The Labute approximate surface area is 144 Å². The number of hydrogen-bond acceptors (Lipinski definition) is 9. The van der Waals surface area contributed by atoms with Crippen LogP contribution in [0.25, 0.3) is 11.0 Å². The van der Waals surface area contributed by atoms with Crippen molar-refractivity contribution < 1.29 is 24.9 Å². The number of nitrogen functional groups attached to an aromatic ring is 1. The number of fused-ring (bicyclic) bond motifs is 1. The van der Waals surface area contributed by atoms with Crippen molar-refractivity contribution in [1.29, 1.82) is 0 Å². The molecular weight excluding hydrogens is 362 g/mol. The van der Waals surface area contributed by atoms with Crippen molar-refractivity contribution in [2.75, 3.05) is 12.3 Å². The Bertz CT molecular complexity index is 802. The maximum Gasteiger partial charge on any atom is 0.281 e. The van der Waals surface area contributed by atoms with Gasteiger partial charge in [-0.15, -0.1) is 0 Å². The van der Waals surface area contributed by atoms with Crippen molar-refractivity contribution in [2.24, 2.45) is 5.73 Å². The minimum atomic E-state index is -1.33. The summed E-state index contributed by atoms with van der Waals surface area (Å²) in [6.45, 7) is -0.477. The fraction of sp³-hybridized carbons (Fsp3) is 0.417. The number of halogens is 1. The highest BCUT2D eigenvalue weighted by Gasteiger charge is 2.44. The van der Waals surface area contributed by atoms with Crippen molar-refractivity contribution in [3.8, 4) is 0 Å². The number of carbonyl (C=O) groups excluding carboxylic acids is 1. The molecule has 1 fully saturated rings. The standard InChI is InChI=1S/C12H14ClN5O5S/c13-11-16-8(14)5-4(24-12(15)22)1-18(9(5)17-11)10-7(21)6(20)3(2-19)23-10/h1,3,6-7,10,19-21H,2H2,(H2,15,22)(H2,14,16,17)/t3-,6-,7-,10-/m1/s1. The molecule has 130 valence electrons. The van der Waals surface area contributed by atoms with Crippen LogP contribution in [0.4, 0.5) is 10.6 Å². The number of carbonyl (C=O) groups is 1. The number of primary amides is 1. The highest BCUT2D eigenvalue weighted by Crippen LogP contribution is 2.38. The first kappa shape index (κ1) is 17.2. The molecule has 0 aliphatic carbocycles. The largest absolute Gasteiger partial charge is 0.394 e. The molecule has 4 atom stereocenters. The molecule has 2 aromatic heterocycles. The molecule has 3 rings (SSSR count). The normalized spacial score (nSPS) is 27.0. The first-order valence-corrected chi connectivity index (χ1v) is 7.96. The Morgan fingerprint density at radius 3 is 2.71 bits per heavy atom. The van der Waals surface area contributed by atoms with Crippen LogP contribution < -0.4 is 11.5 Å². The van der Waals surface area contributed by atoms with Crippen LogP contribution in [-0.4, -0.2) is 60.0 Å². The molecule has 1 aliphatic heterocycles. The number of ether oxygens (including phenoxy) is 1. The smallest absolute Gasteiger partial charge is 0.281 e. The monoisotopic (exact) mass is 375 g/mol. The minimum absolute atomic E-state index is 0.0271. The van der Waals surface area contributed by atoms with Crippen molar-refractivity contribution in [3.05, 3.63) is 11.5 Å². The van der Waals surface area contributed by atoms with E-state index < -0.39 is 36.4 Å². The summed E-state index contributed by atoms with van der Waals surface area (Å²) in [5.41, 5.74) is 11.3. The van der Waals surface area contributed by atoms with E-state index in [0.717, 1.165) is 0 Å². The predicted molar refractivity (Wildman–Crippen MR) is 85.4 cm³/mol. The van der Waals surface area contributed by atoms with E-state index in [-0.39, 0.29) is 16.7 Å². The molecule has 0 spiro atoms. The lowest BCUT2D eigenvalue weighted by Gasteiger charge is -2.17. The highest BCUT2D eigenvalue weighted by molar-refractivity contribution is 8.13. The van der Waals surface area contributed by atoms with Crippen LogP contribution in [0.1, 0.15) is 6.23 Å². The minimum Gasteiger partial charge on any atom is -0.394 e. The summed E-state index contributed by atoms with van der Waals surface area (Å²) in [4.78, 5) is 19.5. The molecule has 24 heavy (non-hydrogen) atoms. The summed E-state index contributed by atoms with van der Waals surface area (Å²) in [6.07, 6.45) is -3.21. The molecule has 0 radical (unpaired) electrons. The van der Waals surface area contributed by atoms with E-state index in [2.05, 4.69) is 9.97 Å². The van der Waals surface area contributed by atoms with Gasteiger partial charge in [0, 0.05) is 11.1 Å². The Hall–Kier alpha value is -1.63. The van der Waals surface area contributed by atoms with Gasteiger partial charge in [-0.3, -0.25) is 4.79 Å². The van der Waals surface area contributed by atoms with Gasteiger partial charge in [0.25, 0.3) is 5.24 Å². The first-order valence-electron chi connectivity index (χ1n) is 6.76. The lowest BCUT2D eigenvalue weighted by Crippen LogP contribution is -2.33. The van der Waals surface area contributed by atoms with Gasteiger partial charge < -0.3 is 36.1 Å². The Morgan fingerprint density at radius 2 is 2.12 bits per heavy atom. The van der Waals surface area contributed by atoms with Crippen molar-refractivity contribution in [1.82, 2.24) is 14.5 Å². The third-order valence-electron chi connectivity index (χ3n) is 3.64. The van der Waals surface area contributed by atoms with Gasteiger partial charge in [0.15, 0.2) is 6.23 Å². The van der Waals surface area contributed by atoms with Gasteiger partial charge in [-0.05, 0) is 23.4 Å². The van der Waals surface area contributed by atoms with Gasteiger partial charge >= 0.3 is 0 Å². The number of hydrogen-bond donors (Lipinski definition) is 5. The molecular formula is C12H14ClN5O5S. The molecule has 3 heterocycles. The summed E-state index contributed by atoms with van der Waals surface area (Å²) < 4.78 is 6.84. The molecule has 2 aromatic rings. The van der Waals surface area contributed by atoms with Crippen LogP contribution in [0.15, 0.2) is 11.1 Å². The fourth-order valence-corrected chi connectivity index (χ4v) is 3.46. The highest BCUT2D eigenvalue weighted by atomic mass is 35.5. The van der Waals surface area contributed by atoms with Crippen LogP contribution in [-0.2, 0) is 4.74 Å². The third kappa shape index (κ3) is 2.79. The Kier molecular flexibility index (Phi) is 4.55. The molecule has 0 unspecified atom stereocenters. The molecule has 1 saturated heterocycles.